The van der Waals surface area contributed by atoms with E-state index in [9.17, 15) is 14.7 Å². The van der Waals surface area contributed by atoms with Crippen molar-refractivity contribution in [1.29, 1.82) is 0 Å². The molecule has 6 nitrogen and oxygen atoms in total. The predicted octanol–water partition coefficient (Wildman–Crippen LogP) is 8.45. The Hall–Kier alpha value is -2.63. The Morgan fingerprint density at radius 2 is 1.63 bits per heavy atom. The predicted molar refractivity (Wildman–Crippen MR) is 175 cm³/mol. The van der Waals surface area contributed by atoms with Crippen molar-refractivity contribution in [1.82, 2.24) is 4.90 Å². The van der Waals surface area contributed by atoms with Crippen LogP contribution in [0, 0.1) is 30.6 Å². The number of rotatable bonds is 10. The molecular weight excluding hydrogens is 534 g/mol. The maximum atomic E-state index is 13.5. The molecule has 236 valence electrons. The van der Waals surface area contributed by atoms with Gasteiger partial charge < -0.3 is 15.7 Å². The molecule has 3 N–H and O–H groups in total. The van der Waals surface area contributed by atoms with Crippen molar-refractivity contribution in [2.24, 2.45) is 34.4 Å². The fourth-order valence-electron chi connectivity index (χ4n) is 7.87. The number of hydrogen-bond donors (Lipinski definition) is 2. The van der Waals surface area contributed by atoms with Crippen molar-refractivity contribution < 1.29 is 14.7 Å². The molecule has 1 heterocycles. The van der Waals surface area contributed by atoms with Crippen LogP contribution in [0.3, 0.4) is 0 Å². The Balaban J connectivity index is 0.000000392. The highest BCUT2D eigenvalue weighted by Crippen LogP contribution is 2.44. The number of unbranched alkanes of at least 4 members (excludes halogenated alkanes) is 1. The van der Waals surface area contributed by atoms with E-state index in [-0.39, 0.29) is 17.4 Å². The number of carbonyl (C=O) groups is 2. The molecule has 3 atom stereocenters. The van der Waals surface area contributed by atoms with Crippen LogP contribution in [0.15, 0.2) is 35.0 Å². The molecule has 1 aromatic carbocycles. The Morgan fingerprint density at radius 1 is 0.930 bits per heavy atom. The second-order valence-electron chi connectivity index (χ2n) is 14.2. The van der Waals surface area contributed by atoms with Gasteiger partial charge in [0.1, 0.15) is 0 Å². The molecule has 0 bridgehead atoms. The van der Waals surface area contributed by atoms with Gasteiger partial charge in [-0.1, -0.05) is 70.8 Å². The summed E-state index contributed by atoms with van der Waals surface area (Å²) in [4.78, 5) is 32.2. The van der Waals surface area contributed by atoms with Gasteiger partial charge in [0.05, 0.1) is 17.0 Å². The normalized spacial score (nSPS) is 26.7. The van der Waals surface area contributed by atoms with Crippen LogP contribution in [-0.2, 0) is 9.59 Å². The number of amides is 1. The quantitative estimate of drug-likeness (QED) is 0.211. The first-order valence-corrected chi connectivity index (χ1v) is 17.5. The molecule has 4 saturated carbocycles. The van der Waals surface area contributed by atoms with Gasteiger partial charge in [-0.2, -0.15) is 0 Å². The second kappa shape index (κ2) is 14.9. The number of likely N-dealkylation sites (tertiary alicyclic amines) is 1. The maximum Gasteiger partial charge on any atom is 0.339 e. The molecular formula is C37H55N3O3. The van der Waals surface area contributed by atoms with E-state index in [4.69, 9.17) is 10.7 Å². The second-order valence-corrected chi connectivity index (χ2v) is 14.2. The minimum Gasteiger partial charge on any atom is -0.478 e. The van der Waals surface area contributed by atoms with Gasteiger partial charge in [0, 0.05) is 30.6 Å². The number of carboxylic acids is 1. The molecule has 1 amide bonds. The number of nitrogens with two attached hydrogens (primary N) is 1. The van der Waals surface area contributed by atoms with Gasteiger partial charge >= 0.3 is 5.97 Å². The van der Waals surface area contributed by atoms with Crippen molar-refractivity contribution in [2.75, 3.05) is 6.54 Å². The lowest BCUT2D eigenvalue weighted by atomic mass is 9.67. The molecule has 2 unspecified atom stereocenters. The lowest BCUT2D eigenvalue weighted by molar-refractivity contribution is -0.137. The zero-order chi connectivity index (χ0) is 30.3. The van der Waals surface area contributed by atoms with E-state index in [0.717, 1.165) is 75.6 Å². The SMILES string of the molecule is C1CC(C2CCC2)C1.CCCCC1CCCN1C(=O)C1CCC[C@H](c2cc(C)cc(N=C(/C(=C\N)C(=O)O)C3CC3)c2)C1. The summed E-state index contributed by atoms with van der Waals surface area (Å²) in [6.07, 6.45) is 22.2. The third-order valence-electron chi connectivity index (χ3n) is 11.0. The largest absolute Gasteiger partial charge is 0.478 e. The van der Waals surface area contributed by atoms with Crippen LogP contribution >= 0.6 is 0 Å². The third-order valence-corrected chi connectivity index (χ3v) is 11.0. The van der Waals surface area contributed by atoms with Gasteiger partial charge in [0.15, 0.2) is 0 Å². The number of aliphatic carboxylic acids is 1. The van der Waals surface area contributed by atoms with Gasteiger partial charge in [0.25, 0.3) is 0 Å². The van der Waals surface area contributed by atoms with E-state index in [1.165, 1.54) is 49.3 Å². The molecule has 4 aliphatic carbocycles. The van der Waals surface area contributed by atoms with E-state index in [1.807, 2.05) is 6.07 Å². The van der Waals surface area contributed by atoms with Crippen molar-refractivity contribution in [3.63, 3.8) is 0 Å². The molecule has 0 radical (unpaired) electrons. The van der Waals surface area contributed by atoms with Crippen LogP contribution in [0.4, 0.5) is 5.69 Å². The van der Waals surface area contributed by atoms with Crippen molar-refractivity contribution in [3.05, 3.63) is 41.1 Å². The lowest BCUT2D eigenvalue weighted by Crippen LogP contribution is -2.41. The van der Waals surface area contributed by atoms with Gasteiger partial charge in [-0.3, -0.25) is 9.79 Å². The van der Waals surface area contributed by atoms with Crippen LogP contribution in [-0.4, -0.2) is 40.2 Å². The molecule has 1 saturated heterocycles. The summed E-state index contributed by atoms with van der Waals surface area (Å²) in [5.74, 6) is 2.31. The third kappa shape index (κ3) is 8.10. The number of aliphatic imine (C=N–C) groups is 1. The van der Waals surface area contributed by atoms with Crippen LogP contribution in [0.25, 0.3) is 0 Å². The highest BCUT2D eigenvalue weighted by Gasteiger charge is 2.36. The topological polar surface area (TPSA) is 96.0 Å². The first-order chi connectivity index (χ1) is 20.9. The monoisotopic (exact) mass is 589 g/mol. The summed E-state index contributed by atoms with van der Waals surface area (Å²) in [5.41, 5.74) is 9.44. The molecule has 0 aromatic heterocycles. The Bertz CT molecular complexity index is 1170. The Morgan fingerprint density at radius 3 is 2.21 bits per heavy atom. The first kappa shape index (κ1) is 31.8. The zero-order valence-corrected chi connectivity index (χ0v) is 26.7. The van der Waals surface area contributed by atoms with E-state index in [2.05, 4.69) is 30.9 Å². The van der Waals surface area contributed by atoms with E-state index in [1.54, 1.807) is 25.7 Å². The van der Waals surface area contributed by atoms with Gasteiger partial charge in [-0.25, -0.2) is 4.79 Å². The number of nitrogens with zero attached hydrogens (tertiary/aromatic N) is 2. The summed E-state index contributed by atoms with van der Waals surface area (Å²) in [6, 6.07) is 6.76. The van der Waals surface area contributed by atoms with Crippen molar-refractivity contribution >= 4 is 23.3 Å². The average molecular weight is 590 g/mol. The summed E-state index contributed by atoms with van der Waals surface area (Å²) >= 11 is 0. The molecule has 5 aliphatic rings. The highest BCUT2D eigenvalue weighted by molar-refractivity contribution is 6.21. The fourth-order valence-corrected chi connectivity index (χ4v) is 7.87. The molecule has 0 spiro atoms. The molecule has 6 rings (SSSR count). The standard InChI is InChI=1S/C29H41N3O3.C8H14/c1-3-4-9-25-10-6-13-32(25)28(33)22-8-5-7-21(16-22)23-14-19(2)15-24(17-23)31-27(20-11-12-20)26(18-30)29(34)35;1-3-7(4-1)8-5-2-6-8/h14-15,17-18,20-22,25H,3-13,16,30H2,1-2H3,(H,34,35);7-8H,1-6H2/b26-18+,31-27?;/t21-,22?,25?;/m0./s1. The minimum absolute atomic E-state index is 0.0992. The number of benzene rings is 1. The highest BCUT2D eigenvalue weighted by atomic mass is 16.4. The molecule has 6 heteroatoms. The Kier molecular flexibility index (Phi) is 11.0. The maximum absolute atomic E-state index is 13.5. The van der Waals surface area contributed by atoms with Crippen LogP contribution < -0.4 is 5.73 Å². The van der Waals surface area contributed by atoms with Crippen molar-refractivity contribution in [3.8, 4) is 0 Å². The van der Waals surface area contributed by atoms with E-state index < -0.39 is 5.97 Å². The lowest BCUT2D eigenvalue weighted by Gasteiger charge is -2.39. The summed E-state index contributed by atoms with van der Waals surface area (Å²) in [6.45, 7) is 5.20. The molecule has 1 aromatic rings. The molecule has 43 heavy (non-hydrogen) atoms. The van der Waals surface area contributed by atoms with Crippen molar-refractivity contribution in [2.45, 2.75) is 135 Å². The van der Waals surface area contributed by atoms with Crippen LogP contribution in [0.2, 0.25) is 0 Å². The van der Waals surface area contributed by atoms with Gasteiger partial charge in [0.2, 0.25) is 5.91 Å². The number of carbonyl (C=O) groups excluding carboxylic acids is 1. The summed E-state index contributed by atoms with van der Waals surface area (Å²) < 4.78 is 0. The zero-order valence-electron chi connectivity index (χ0n) is 26.7. The summed E-state index contributed by atoms with van der Waals surface area (Å²) in [7, 11) is 0. The fraction of sp³-hybridized carbons (Fsp3) is 0.703. The molecule has 5 fully saturated rings. The van der Waals surface area contributed by atoms with Gasteiger partial charge in [-0.15, -0.1) is 0 Å². The van der Waals surface area contributed by atoms with Crippen LogP contribution in [0.1, 0.15) is 133 Å². The first-order valence-electron chi connectivity index (χ1n) is 17.5. The minimum atomic E-state index is -1.03. The Labute approximate surface area is 259 Å². The average Bonchev–Trinajstić information content (AvgIpc) is 3.69. The van der Waals surface area contributed by atoms with Crippen LogP contribution in [0.5, 0.6) is 0 Å². The van der Waals surface area contributed by atoms with E-state index >= 15 is 0 Å². The summed E-state index contributed by atoms with van der Waals surface area (Å²) in [5, 5.41) is 9.58. The smallest absolute Gasteiger partial charge is 0.339 e. The number of hydrogen-bond acceptors (Lipinski definition) is 4. The van der Waals surface area contributed by atoms with Gasteiger partial charge in [-0.05, 0) is 99.3 Å². The van der Waals surface area contributed by atoms with E-state index in [0.29, 0.717) is 23.6 Å². The number of carboxylic acid groups (broad SMARTS) is 1. The molecule has 1 aliphatic heterocycles. The number of aryl methyl sites for hydroxylation is 1.